The Kier molecular flexibility index (Phi) is 8.77. The summed E-state index contributed by atoms with van der Waals surface area (Å²) in [5.74, 6) is 6.79. The number of rotatable bonds is 8. The summed E-state index contributed by atoms with van der Waals surface area (Å²) in [6.07, 6.45) is 0.522. The molecule has 0 saturated heterocycles. The van der Waals surface area contributed by atoms with E-state index in [-0.39, 0.29) is 6.61 Å². The minimum absolute atomic E-state index is 0.114. The molecule has 0 aliphatic carbocycles. The van der Waals surface area contributed by atoms with E-state index in [4.69, 9.17) is 9.84 Å². The number of aliphatic hydroxyl groups is 1. The maximum atomic E-state index is 8.83. The van der Waals surface area contributed by atoms with Crippen LogP contribution in [-0.2, 0) is 11.3 Å². The zero-order valence-electron chi connectivity index (χ0n) is 13.4. The molecule has 1 aromatic rings. The first kappa shape index (κ1) is 17.7. The molecule has 3 heteroatoms. The van der Waals surface area contributed by atoms with E-state index in [1.807, 2.05) is 12.1 Å². The summed E-state index contributed by atoms with van der Waals surface area (Å²) < 4.78 is 5.20. The van der Waals surface area contributed by atoms with Crippen LogP contribution in [0.5, 0.6) is 0 Å². The van der Waals surface area contributed by atoms with Crippen molar-refractivity contribution in [3.8, 4) is 11.8 Å². The van der Waals surface area contributed by atoms with Crippen molar-refractivity contribution < 1.29 is 9.84 Å². The van der Waals surface area contributed by atoms with Crippen LogP contribution < -0.4 is 0 Å². The fraction of sp³-hybridized carbons (Fsp3) is 0.556. The SMILES string of the molecule is COCCN(Cc1ccccc1C#CCCO)CC(C)C. The van der Waals surface area contributed by atoms with Crippen LogP contribution in [0.25, 0.3) is 0 Å². The molecule has 0 atom stereocenters. The molecule has 116 valence electrons. The Bertz CT molecular complexity index is 460. The van der Waals surface area contributed by atoms with Crippen molar-refractivity contribution in [2.24, 2.45) is 5.92 Å². The maximum Gasteiger partial charge on any atom is 0.0589 e. The summed E-state index contributed by atoms with van der Waals surface area (Å²) in [5, 5.41) is 8.83. The summed E-state index contributed by atoms with van der Waals surface area (Å²) in [4.78, 5) is 2.40. The van der Waals surface area contributed by atoms with E-state index in [0.29, 0.717) is 12.3 Å². The van der Waals surface area contributed by atoms with Crippen LogP contribution in [0.1, 0.15) is 31.4 Å². The van der Waals surface area contributed by atoms with Crippen molar-refractivity contribution in [3.05, 3.63) is 35.4 Å². The predicted octanol–water partition coefficient (Wildman–Crippen LogP) is 2.52. The van der Waals surface area contributed by atoms with Gasteiger partial charge in [-0.1, -0.05) is 43.9 Å². The Morgan fingerprint density at radius 3 is 2.71 bits per heavy atom. The van der Waals surface area contributed by atoms with Gasteiger partial charge in [0, 0.05) is 38.7 Å². The van der Waals surface area contributed by atoms with E-state index in [9.17, 15) is 0 Å². The van der Waals surface area contributed by atoms with Gasteiger partial charge < -0.3 is 9.84 Å². The zero-order valence-corrected chi connectivity index (χ0v) is 13.4. The molecule has 0 aliphatic heterocycles. The highest BCUT2D eigenvalue weighted by atomic mass is 16.5. The third-order valence-electron chi connectivity index (χ3n) is 3.11. The quantitative estimate of drug-likeness (QED) is 0.747. The molecule has 0 aromatic heterocycles. The number of ether oxygens (including phenoxy) is 1. The minimum atomic E-state index is 0.114. The largest absolute Gasteiger partial charge is 0.395 e. The van der Waals surface area contributed by atoms with Crippen LogP contribution >= 0.6 is 0 Å². The van der Waals surface area contributed by atoms with Crippen LogP contribution in [0.4, 0.5) is 0 Å². The smallest absolute Gasteiger partial charge is 0.0589 e. The van der Waals surface area contributed by atoms with Crippen molar-refractivity contribution in [1.82, 2.24) is 4.90 Å². The fourth-order valence-electron chi connectivity index (χ4n) is 2.21. The van der Waals surface area contributed by atoms with Gasteiger partial charge in [0.05, 0.1) is 13.2 Å². The molecule has 3 nitrogen and oxygen atoms in total. The number of hydrogen-bond acceptors (Lipinski definition) is 3. The zero-order chi connectivity index (χ0) is 15.5. The molecule has 0 amide bonds. The van der Waals surface area contributed by atoms with Gasteiger partial charge in [0.2, 0.25) is 0 Å². The fourth-order valence-corrected chi connectivity index (χ4v) is 2.21. The average Bonchev–Trinajstić information content (AvgIpc) is 2.46. The van der Waals surface area contributed by atoms with Gasteiger partial charge in [0.25, 0.3) is 0 Å². The molecule has 21 heavy (non-hydrogen) atoms. The number of hydrogen-bond donors (Lipinski definition) is 1. The lowest BCUT2D eigenvalue weighted by Crippen LogP contribution is -2.30. The predicted molar refractivity (Wildman–Crippen MR) is 87.0 cm³/mol. The second-order valence-electron chi connectivity index (χ2n) is 5.55. The summed E-state index contributed by atoms with van der Waals surface area (Å²) in [6.45, 7) is 8.16. The molecule has 1 aromatic carbocycles. The Labute approximate surface area is 128 Å². The molecular weight excluding hydrogens is 262 g/mol. The molecular formula is C18H27NO2. The Hall–Kier alpha value is -1.34. The normalized spacial score (nSPS) is 10.8. The number of methoxy groups -OCH3 is 1. The van der Waals surface area contributed by atoms with Gasteiger partial charge in [-0.25, -0.2) is 0 Å². The van der Waals surface area contributed by atoms with Crippen molar-refractivity contribution in [3.63, 3.8) is 0 Å². The van der Waals surface area contributed by atoms with Crippen molar-refractivity contribution in [1.29, 1.82) is 0 Å². The van der Waals surface area contributed by atoms with Crippen LogP contribution in [0.15, 0.2) is 24.3 Å². The van der Waals surface area contributed by atoms with Crippen molar-refractivity contribution in [2.75, 3.05) is 33.4 Å². The van der Waals surface area contributed by atoms with Gasteiger partial charge in [-0.2, -0.15) is 0 Å². The highest BCUT2D eigenvalue weighted by Crippen LogP contribution is 2.12. The monoisotopic (exact) mass is 289 g/mol. The van der Waals surface area contributed by atoms with Crippen molar-refractivity contribution in [2.45, 2.75) is 26.8 Å². The van der Waals surface area contributed by atoms with Crippen LogP contribution in [0.3, 0.4) is 0 Å². The summed E-state index contributed by atoms with van der Waals surface area (Å²) in [5.41, 5.74) is 2.29. The van der Waals surface area contributed by atoms with E-state index in [0.717, 1.165) is 31.8 Å². The van der Waals surface area contributed by atoms with E-state index in [1.165, 1.54) is 5.56 Å². The first-order valence-corrected chi connectivity index (χ1v) is 7.56. The second-order valence-corrected chi connectivity index (χ2v) is 5.55. The molecule has 1 N–H and O–H groups in total. The molecule has 0 radical (unpaired) electrons. The highest BCUT2D eigenvalue weighted by molar-refractivity contribution is 5.41. The van der Waals surface area contributed by atoms with E-state index in [2.05, 4.69) is 42.7 Å². The van der Waals surface area contributed by atoms with Crippen LogP contribution in [-0.4, -0.2) is 43.4 Å². The highest BCUT2D eigenvalue weighted by Gasteiger charge is 2.10. The lowest BCUT2D eigenvalue weighted by atomic mass is 10.1. The van der Waals surface area contributed by atoms with Gasteiger partial charge in [0.1, 0.15) is 0 Å². The molecule has 0 unspecified atom stereocenters. The van der Waals surface area contributed by atoms with Crippen LogP contribution in [0, 0.1) is 17.8 Å². The summed E-state index contributed by atoms with van der Waals surface area (Å²) in [6, 6.07) is 8.23. The second kappa shape index (κ2) is 10.4. The number of benzene rings is 1. The number of aliphatic hydroxyl groups excluding tert-OH is 1. The topological polar surface area (TPSA) is 32.7 Å². The van der Waals surface area contributed by atoms with E-state index >= 15 is 0 Å². The van der Waals surface area contributed by atoms with Crippen LogP contribution in [0.2, 0.25) is 0 Å². The first-order chi connectivity index (χ1) is 10.2. The van der Waals surface area contributed by atoms with Crippen molar-refractivity contribution >= 4 is 0 Å². The Balaban J connectivity index is 2.80. The Morgan fingerprint density at radius 1 is 1.29 bits per heavy atom. The molecule has 0 heterocycles. The maximum absolute atomic E-state index is 8.83. The molecule has 0 aliphatic rings. The third-order valence-corrected chi connectivity index (χ3v) is 3.11. The third kappa shape index (κ3) is 7.29. The van der Waals surface area contributed by atoms with Gasteiger partial charge in [-0.3, -0.25) is 4.90 Å². The first-order valence-electron chi connectivity index (χ1n) is 7.56. The number of nitrogens with zero attached hydrogens (tertiary/aromatic N) is 1. The molecule has 0 bridgehead atoms. The molecule has 0 fully saturated rings. The summed E-state index contributed by atoms with van der Waals surface area (Å²) >= 11 is 0. The molecule has 0 spiro atoms. The lowest BCUT2D eigenvalue weighted by Gasteiger charge is -2.24. The lowest BCUT2D eigenvalue weighted by molar-refractivity contribution is 0.136. The van der Waals surface area contributed by atoms with Gasteiger partial charge in [-0.15, -0.1) is 0 Å². The molecule has 0 saturated carbocycles. The minimum Gasteiger partial charge on any atom is -0.395 e. The molecule has 1 rings (SSSR count). The average molecular weight is 289 g/mol. The van der Waals surface area contributed by atoms with Gasteiger partial charge in [0.15, 0.2) is 0 Å². The summed E-state index contributed by atoms with van der Waals surface area (Å²) in [7, 11) is 1.74. The van der Waals surface area contributed by atoms with Gasteiger partial charge >= 0.3 is 0 Å². The standard InChI is InChI=1S/C18H27NO2/c1-16(2)14-19(11-13-21-3)15-18-10-5-4-8-17(18)9-6-7-12-20/h4-5,8,10,16,20H,7,11-15H2,1-3H3. The van der Waals surface area contributed by atoms with Gasteiger partial charge in [-0.05, 0) is 17.5 Å². The Morgan fingerprint density at radius 2 is 2.05 bits per heavy atom. The van der Waals surface area contributed by atoms with E-state index < -0.39 is 0 Å². The van der Waals surface area contributed by atoms with E-state index in [1.54, 1.807) is 7.11 Å².